The molecule has 1 heterocycles. The Morgan fingerprint density at radius 2 is 1.94 bits per heavy atom. The van der Waals surface area contributed by atoms with E-state index in [1.165, 1.54) is 31.4 Å². The van der Waals surface area contributed by atoms with Gasteiger partial charge in [-0.15, -0.1) is 0 Å². The lowest BCUT2D eigenvalue weighted by molar-refractivity contribution is 0.680. The van der Waals surface area contributed by atoms with Crippen LogP contribution in [0.1, 0.15) is 69.8 Å². The molecule has 18 heavy (non-hydrogen) atoms. The molecule has 1 aliphatic carbocycles. The lowest BCUT2D eigenvalue weighted by Gasteiger charge is -2.13. The SMILES string of the molecule is CCCNc1cc(C2CCCC2)nc(CCC)n1. The summed E-state index contributed by atoms with van der Waals surface area (Å²) < 4.78 is 0. The Balaban J connectivity index is 2.17. The molecule has 0 amide bonds. The number of nitrogens with one attached hydrogen (secondary N) is 1. The van der Waals surface area contributed by atoms with Gasteiger partial charge in [-0.05, 0) is 25.7 Å². The minimum atomic E-state index is 0.672. The average Bonchev–Trinajstić information content (AvgIpc) is 2.90. The van der Waals surface area contributed by atoms with Crippen LogP contribution in [0.2, 0.25) is 0 Å². The highest BCUT2D eigenvalue weighted by Gasteiger charge is 2.19. The predicted molar refractivity (Wildman–Crippen MR) is 76.0 cm³/mol. The summed E-state index contributed by atoms with van der Waals surface area (Å²) in [6, 6.07) is 2.17. The van der Waals surface area contributed by atoms with E-state index in [-0.39, 0.29) is 0 Å². The molecule has 1 saturated carbocycles. The topological polar surface area (TPSA) is 37.8 Å². The van der Waals surface area contributed by atoms with Crippen molar-refractivity contribution in [3.8, 4) is 0 Å². The molecule has 0 bridgehead atoms. The number of aryl methyl sites for hydroxylation is 1. The number of nitrogens with zero attached hydrogens (tertiary/aromatic N) is 2. The second-order valence-corrected chi connectivity index (χ2v) is 5.25. The van der Waals surface area contributed by atoms with Gasteiger partial charge in [-0.1, -0.05) is 26.7 Å². The van der Waals surface area contributed by atoms with Crippen LogP contribution in [-0.2, 0) is 6.42 Å². The molecule has 0 unspecified atom stereocenters. The first-order valence-electron chi connectivity index (χ1n) is 7.45. The van der Waals surface area contributed by atoms with E-state index in [4.69, 9.17) is 4.98 Å². The van der Waals surface area contributed by atoms with E-state index in [0.29, 0.717) is 5.92 Å². The first-order valence-corrected chi connectivity index (χ1v) is 7.45. The summed E-state index contributed by atoms with van der Waals surface area (Å²) >= 11 is 0. The Kier molecular flexibility index (Phi) is 4.97. The Morgan fingerprint density at radius 1 is 1.17 bits per heavy atom. The third kappa shape index (κ3) is 3.44. The third-order valence-electron chi connectivity index (χ3n) is 3.60. The van der Waals surface area contributed by atoms with E-state index >= 15 is 0 Å². The quantitative estimate of drug-likeness (QED) is 0.828. The van der Waals surface area contributed by atoms with Crippen molar-refractivity contribution < 1.29 is 0 Å². The maximum absolute atomic E-state index is 4.76. The minimum Gasteiger partial charge on any atom is -0.370 e. The molecule has 0 saturated heterocycles. The van der Waals surface area contributed by atoms with Crippen LogP contribution in [0.3, 0.4) is 0 Å². The molecule has 1 aromatic heterocycles. The molecule has 100 valence electrons. The van der Waals surface area contributed by atoms with Crippen molar-refractivity contribution in [2.45, 2.75) is 64.7 Å². The molecule has 0 aromatic carbocycles. The summed E-state index contributed by atoms with van der Waals surface area (Å²) in [5.74, 6) is 2.71. The average molecular weight is 247 g/mol. The zero-order chi connectivity index (χ0) is 12.8. The van der Waals surface area contributed by atoms with Crippen LogP contribution >= 0.6 is 0 Å². The van der Waals surface area contributed by atoms with Crippen LogP contribution in [0.4, 0.5) is 5.82 Å². The molecular weight excluding hydrogens is 222 g/mol. The van der Waals surface area contributed by atoms with Gasteiger partial charge in [0.2, 0.25) is 0 Å². The van der Waals surface area contributed by atoms with E-state index in [2.05, 4.69) is 30.2 Å². The molecule has 0 atom stereocenters. The Hall–Kier alpha value is -1.12. The van der Waals surface area contributed by atoms with E-state index < -0.39 is 0 Å². The maximum atomic E-state index is 4.76. The second kappa shape index (κ2) is 6.72. The zero-order valence-corrected chi connectivity index (χ0v) is 11.7. The number of hydrogen-bond acceptors (Lipinski definition) is 3. The number of aromatic nitrogens is 2. The van der Waals surface area contributed by atoms with E-state index in [0.717, 1.165) is 37.4 Å². The van der Waals surface area contributed by atoms with Gasteiger partial charge in [-0.2, -0.15) is 0 Å². The summed E-state index contributed by atoms with van der Waals surface area (Å²) in [5.41, 5.74) is 1.27. The van der Waals surface area contributed by atoms with Crippen LogP contribution in [0.15, 0.2) is 6.07 Å². The lowest BCUT2D eigenvalue weighted by Crippen LogP contribution is -2.08. The molecule has 1 N–H and O–H groups in total. The van der Waals surface area contributed by atoms with Gasteiger partial charge < -0.3 is 5.32 Å². The first kappa shape index (κ1) is 13.3. The summed E-state index contributed by atoms with van der Waals surface area (Å²) in [6.07, 6.45) is 8.55. The molecule has 3 nitrogen and oxygen atoms in total. The monoisotopic (exact) mass is 247 g/mol. The van der Waals surface area contributed by atoms with Crippen LogP contribution < -0.4 is 5.32 Å². The van der Waals surface area contributed by atoms with Crippen molar-refractivity contribution in [1.29, 1.82) is 0 Å². The van der Waals surface area contributed by atoms with Crippen LogP contribution in [0.5, 0.6) is 0 Å². The standard InChI is InChI=1S/C15H25N3/c1-3-7-14-17-13(12-8-5-6-9-12)11-15(18-14)16-10-4-2/h11-12H,3-10H2,1-2H3,(H,16,17,18). The first-order chi connectivity index (χ1) is 8.83. The van der Waals surface area contributed by atoms with Crippen molar-refractivity contribution in [1.82, 2.24) is 9.97 Å². The molecule has 1 fully saturated rings. The fourth-order valence-electron chi connectivity index (χ4n) is 2.63. The zero-order valence-electron chi connectivity index (χ0n) is 11.7. The van der Waals surface area contributed by atoms with Gasteiger partial charge in [-0.25, -0.2) is 9.97 Å². The second-order valence-electron chi connectivity index (χ2n) is 5.25. The number of rotatable bonds is 6. The summed E-state index contributed by atoms with van der Waals surface area (Å²) in [7, 11) is 0. The summed E-state index contributed by atoms with van der Waals surface area (Å²) in [6.45, 7) is 5.36. The van der Waals surface area contributed by atoms with Gasteiger partial charge in [-0.3, -0.25) is 0 Å². The normalized spacial score (nSPS) is 16.1. The molecular formula is C15H25N3. The van der Waals surface area contributed by atoms with E-state index in [1.54, 1.807) is 0 Å². The number of hydrogen-bond donors (Lipinski definition) is 1. The highest BCUT2D eigenvalue weighted by Crippen LogP contribution is 2.33. The van der Waals surface area contributed by atoms with Gasteiger partial charge in [0, 0.05) is 30.6 Å². The largest absolute Gasteiger partial charge is 0.370 e. The highest BCUT2D eigenvalue weighted by molar-refractivity contribution is 5.37. The Labute approximate surface area is 110 Å². The molecule has 2 rings (SSSR count). The predicted octanol–water partition coefficient (Wildman–Crippen LogP) is 3.91. The van der Waals surface area contributed by atoms with Gasteiger partial charge >= 0.3 is 0 Å². The van der Waals surface area contributed by atoms with Gasteiger partial charge in [0.25, 0.3) is 0 Å². The van der Waals surface area contributed by atoms with Crippen molar-refractivity contribution in [2.75, 3.05) is 11.9 Å². The molecule has 0 radical (unpaired) electrons. The highest BCUT2D eigenvalue weighted by atomic mass is 15.0. The summed E-state index contributed by atoms with van der Waals surface area (Å²) in [5, 5.41) is 3.41. The Bertz CT molecular complexity index is 370. The van der Waals surface area contributed by atoms with Gasteiger partial charge in [0.15, 0.2) is 0 Å². The Morgan fingerprint density at radius 3 is 2.61 bits per heavy atom. The molecule has 0 aliphatic heterocycles. The van der Waals surface area contributed by atoms with Crippen molar-refractivity contribution in [3.63, 3.8) is 0 Å². The molecule has 1 aliphatic rings. The fourth-order valence-corrected chi connectivity index (χ4v) is 2.63. The van der Waals surface area contributed by atoms with Crippen LogP contribution in [0, 0.1) is 0 Å². The molecule has 3 heteroatoms. The van der Waals surface area contributed by atoms with Crippen molar-refractivity contribution >= 4 is 5.82 Å². The lowest BCUT2D eigenvalue weighted by atomic mass is 10.0. The van der Waals surface area contributed by atoms with Crippen LogP contribution in [0.25, 0.3) is 0 Å². The van der Waals surface area contributed by atoms with E-state index in [1.807, 2.05) is 0 Å². The van der Waals surface area contributed by atoms with Gasteiger partial charge in [0.1, 0.15) is 11.6 Å². The smallest absolute Gasteiger partial charge is 0.131 e. The van der Waals surface area contributed by atoms with Crippen molar-refractivity contribution in [3.05, 3.63) is 17.6 Å². The molecule has 1 aromatic rings. The van der Waals surface area contributed by atoms with Gasteiger partial charge in [0.05, 0.1) is 0 Å². The van der Waals surface area contributed by atoms with Crippen LogP contribution in [-0.4, -0.2) is 16.5 Å². The fraction of sp³-hybridized carbons (Fsp3) is 0.733. The van der Waals surface area contributed by atoms with Crippen molar-refractivity contribution in [2.24, 2.45) is 0 Å². The third-order valence-corrected chi connectivity index (χ3v) is 3.60. The minimum absolute atomic E-state index is 0.672. The maximum Gasteiger partial charge on any atom is 0.131 e. The molecule has 0 spiro atoms. The number of anilines is 1. The summed E-state index contributed by atoms with van der Waals surface area (Å²) in [4.78, 5) is 9.37. The van der Waals surface area contributed by atoms with E-state index in [9.17, 15) is 0 Å².